The van der Waals surface area contributed by atoms with Gasteiger partial charge in [0.2, 0.25) is 0 Å². The Kier molecular flexibility index (Phi) is 7.47. The zero-order valence-electron chi connectivity index (χ0n) is 13.3. The molecule has 0 aromatic heterocycles. The predicted octanol–water partition coefficient (Wildman–Crippen LogP) is 6.33. The zero-order chi connectivity index (χ0) is 16.8. The molecule has 0 saturated carbocycles. The number of halogens is 2. The normalized spacial score (nSPS) is 13.6. The number of fused-ring (bicyclic) bond motifs is 2. The van der Waals surface area contributed by atoms with Crippen molar-refractivity contribution in [2.24, 2.45) is 5.73 Å². The lowest BCUT2D eigenvalue weighted by molar-refractivity contribution is 0.971. The minimum atomic E-state index is 0.166. The molecule has 23 heavy (non-hydrogen) atoms. The van der Waals surface area contributed by atoms with E-state index in [-0.39, 0.29) is 4.05 Å². The maximum atomic E-state index is 5.89. The summed E-state index contributed by atoms with van der Waals surface area (Å²) in [5.41, 5.74) is 9.85. The van der Waals surface area contributed by atoms with Gasteiger partial charge in [-0.15, -0.1) is 11.6 Å². The summed E-state index contributed by atoms with van der Waals surface area (Å²) in [6.07, 6.45) is 3.16. The molecule has 0 amide bonds. The van der Waals surface area contributed by atoms with Crippen molar-refractivity contribution in [3.63, 3.8) is 0 Å². The van der Waals surface area contributed by atoms with Gasteiger partial charge in [-0.1, -0.05) is 76.8 Å². The monoisotopic (exact) mass is 457 g/mol. The van der Waals surface area contributed by atoms with Gasteiger partial charge in [-0.2, -0.15) is 0 Å². The molecular weight excluding hydrogens is 437 g/mol. The van der Waals surface area contributed by atoms with Crippen LogP contribution in [0, 0.1) is 0 Å². The SMILES string of the molecule is CC(C)Cl.NC(I)CC=C1c2ccccc2Sc2ccccc21. The Morgan fingerprint density at radius 1 is 1.04 bits per heavy atom. The molecule has 1 aliphatic rings. The van der Waals surface area contributed by atoms with E-state index in [0.717, 1.165) is 6.42 Å². The molecule has 1 atom stereocenters. The van der Waals surface area contributed by atoms with E-state index in [1.807, 2.05) is 25.6 Å². The van der Waals surface area contributed by atoms with Crippen molar-refractivity contribution < 1.29 is 0 Å². The van der Waals surface area contributed by atoms with Crippen molar-refractivity contribution >= 4 is 51.5 Å². The van der Waals surface area contributed by atoms with Crippen LogP contribution >= 0.6 is 46.0 Å². The number of nitrogens with two attached hydrogens (primary N) is 1. The van der Waals surface area contributed by atoms with Gasteiger partial charge in [0.05, 0.1) is 4.05 Å². The summed E-state index contributed by atoms with van der Waals surface area (Å²) in [6.45, 7) is 3.86. The molecule has 0 bridgehead atoms. The van der Waals surface area contributed by atoms with Gasteiger partial charge in [-0.25, -0.2) is 0 Å². The van der Waals surface area contributed by atoms with Gasteiger partial charge in [0, 0.05) is 15.2 Å². The largest absolute Gasteiger partial charge is 0.319 e. The van der Waals surface area contributed by atoms with E-state index in [2.05, 4.69) is 77.2 Å². The van der Waals surface area contributed by atoms with Crippen LogP contribution in [-0.2, 0) is 0 Å². The first-order valence-corrected chi connectivity index (χ1v) is 10.1. The fourth-order valence-corrected chi connectivity index (χ4v) is 3.63. The number of hydrogen-bond donors (Lipinski definition) is 1. The third kappa shape index (κ3) is 5.52. The second kappa shape index (κ2) is 9.11. The molecular formula is C19H21ClINS. The second-order valence-electron chi connectivity index (χ2n) is 5.48. The van der Waals surface area contributed by atoms with Crippen LogP contribution in [0.3, 0.4) is 0 Å². The molecule has 0 spiro atoms. The van der Waals surface area contributed by atoms with E-state index in [1.54, 1.807) is 0 Å². The van der Waals surface area contributed by atoms with Gasteiger partial charge in [-0.05, 0) is 49.1 Å². The number of alkyl halides is 2. The molecule has 4 heteroatoms. The molecule has 1 aliphatic heterocycles. The highest BCUT2D eigenvalue weighted by Gasteiger charge is 2.19. The van der Waals surface area contributed by atoms with E-state index < -0.39 is 0 Å². The number of benzene rings is 2. The van der Waals surface area contributed by atoms with Crippen molar-refractivity contribution in [1.82, 2.24) is 0 Å². The van der Waals surface area contributed by atoms with Crippen molar-refractivity contribution in [2.75, 3.05) is 0 Å². The molecule has 0 fully saturated rings. The summed E-state index contributed by atoms with van der Waals surface area (Å²) in [5.74, 6) is 0. The van der Waals surface area contributed by atoms with Crippen molar-refractivity contribution in [3.05, 3.63) is 65.7 Å². The molecule has 0 radical (unpaired) electrons. The van der Waals surface area contributed by atoms with Crippen LogP contribution in [0.25, 0.3) is 5.57 Å². The Labute approximate surface area is 161 Å². The molecule has 3 rings (SSSR count). The molecule has 2 aromatic rings. The molecule has 1 heterocycles. The van der Waals surface area contributed by atoms with Crippen molar-refractivity contribution in [3.8, 4) is 0 Å². The summed E-state index contributed by atoms with van der Waals surface area (Å²) in [4.78, 5) is 2.66. The average Bonchev–Trinajstić information content (AvgIpc) is 2.50. The number of rotatable bonds is 2. The van der Waals surface area contributed by atoms with E-state index in [4.69, 9.17) is 17.3 Å². The topological polar surface area (TPSA) is 26.0 Å². The van der Waals surface area contributed by atoms with Crippen LogP contribution in [0.15, 0.2) is 64.4 Å². The quantitative estimate of drug-likeness (QED) is 0.276. The van der Waals surface area contributed by atoms with E-state index in [0.29, 0.717) is 5.38 Å². The summed E-state index contributed by atoms with van der Waals surface area (Å²) in [6, 6.07) is 17.2. The Morgan fingerprint density at radius 3 is 1.91 bits per heavy atom. The number of hydrogen-bond acceptors (Lipinski definition) is 2. The second-order valence-corrected chi connectivity index (χ2v) is 9.03. The van der Waals surface area contributed by atoms with E-state index in [1.165, 1.54) is 26.5 Å². The minimum absolute atomic E-state index is 0.166. The lowest BCUT2D eigenvalue weighted by Crippen LogP contribution is -2.09. The van der Waals surface area contributed by atoms with Gasteiger partial charge in [0.15, 0.2) is 0 Å². The highest BCUT2D eigenvalue weighted by atomic mass is 127. The maximum Gasteiger partial charge on any atom is 0.0603 e. The zero-order valence-corrected chi connectivity index (χ0v) is 17.0. The first kappa shape index (κ1) is 18.8. The summed E-state index contributed by atoms with van der Waals surface area (Å²) < 4.78 is 0.166. The Morgan fingerprint density at radius 2 is 1.48 bits per heavy atom. The highest BCUT2D eigenvalue weighted by Crippen LogP contribution is 2.45. The van der Waals surface area contributed by atoms with Gasteiger partial charge < -0.3 is 5.73 Å². The molecule has 122 valence electrons. The van der Waals surface area contributed by atoms with Crippen LogP contribution in [0.5, 0.6) is 0 Å². The molecule has 1 nitrogen and oxygen atoms in total. The van der Waals surface area contributed by atoms with E-state index >= 15 is 0 Å². The van der Waals surface area contributed by atoms with E-state index in [9.17, 15) is 0 Å². The highest BCUT2D eigenvalue weighted by molar-refractivity contribution is 14.1. The van der Waals surface area contributed by atoms with Crippen LogP contribution in [0.1, 0.15) is 31.4 Å². The van der Waals surface area contributed by atoms with Crippen LogP contribution in [0.2, 0.25) is 0 Å². The Bertz CT molecular complexity index is 632. The third-order valence-corrected chi connectivity index (χ3v) is 4.78. The first-order chi connectivity index (χ1) is 11.0. The smallest absolute Gasteiger partial charge is 0.0603 e. The van der Waals surface area contributed by atoms with Gasteiger partial charge in [0.1, 0.15) is 0 Å². The fourth-order valence-electron chi connectivity index (χ4n) is 2.27. The Balaban J connectivity index is 0.000000433. The fraction of sp³-hybridized carbons (Fsp3) is 0.263. The molecule has 0 saturated heterocycles. The third-order valence-electron chi connectivity index (χ3n) is 3.12. The Hall–Kier alpha value is -0.490. The summed E-state index contributed by atoms with van der Waals surface area (Å²) in [5, 5.41) is 0.306. The van der Waals surface area contributed by atoms with Gasteiger partial charge in [0.25, 0.3) is 0 Å². The minimum Gasteiger partial charge on any atom is -0.319 e. The average molecular weight is 458 g/mol. The van der Waals surface area contributed by atoms with Crippen LogP contribution in [0.4, 0.5) is 0 Å². The summed E-state index contributed by atoms with van der Waals surface area (Å²) in [7, 11) is 0. The molecule has 1 unspecified atom stereocenters. The van der Waals surface area contributed by atoms with Crippen LogP contribution in [-0.4, -0.2) is 9.43 Å². The molecule has 2 aromatic carbocycles. The standard InChI is InChI=1S/C16H14INS.C3H7Cl/c17-16(18)10-9-11-12-5-1-3-7-14(12)19-15-8-4-2-6-13(11)15;1-3(2)4/h1-9,16H,10,18H2;3H,1-2H3. The van der Waals surface area contributed by atoms with Crippen molar-refractivity contribution in [1.29, 1.82) is 0 Å². The summed E-state index contributed by atoms with van der Waals surface area (Å²) >= 11 is 9.39. The van der Waals surface area contributed by atoms with Crippen molar-refractivity contribution in [2.45, 2.75) is 39.5 Å². The lowest BCUT2D eigenvalue weighted by atomic mass is 9.96. The molecule has 0 aliphatic carbocycles. The predicted molar refractivity (Wildman–Crippen MR) is 112 cm³/mol. The first-order valence-electron chi connectivity index (χ1n) is 7.59. The molecule has 2 N–H and O–H groups in total. The lowest BCUT2D eigenvalue weighted by Gasteiger charge is -2.22. The van der Waals surface area contributed by atoms with Crippen LogP contribution < -0.4 is 5.73 Å². The van der Waals surface area contributed by atoms with Gasteiger partial charge >= 0.3 is 0 Å². The van der Waals surface area contributed by atoms with Gasteiger partial charge in [-0.3, -0.25) is 0 Å². The maximum absolute atomic E-state index is 5.89.